The fraction of sp³-hybridized carbons (Fsp3) is 0.455. The maximum absolute atomic E-state index is 12.0. The number of hydrogen-bond donors (Lipinski definition) is 2. The van der Waals surface area contributed by atoms with Gasteiger partial charge in [0.15, 0.2) is 6.17 Å². The normalized spacial score (nSPS) is 14.6. The lowest BCUT2D eigenvalue weighted by atomic mass is 10.3. The molecular formula is C11H20N3O2S+. The van der Waals surface area contributed by atoms with Crippen LogP contribution < -0.4 is 10.5 Å². The maximum Gasteiger partial charge on any atom is 0.245 e. The van der Waals surface area contributed by atoms with Gasteiger partial charge in [-0.2, -0.15) is 4.72 Å². The Labute approximate surface area is 103 Å². The van der Waals surface area contributed by atoms with Crippen molar-refractivity contribution in [3.63, 3.8) is 0 Å². The van der Waals surface area contributed by atoms with Gasteiger partial charge in [0.1, 0.15) is 0 Å². The molecule has 5 nitrogen and oxygen atoms in total. The Morgan fingerprint density at radius 1 is 1.18 bits per heavy atom. The number of nitrogens with one attached hydrogen (secondary N) is 1. The average molecular weight is 258 g/mol. The first-order valence-corrected chi connectivity index (χ1v) is 6.80. The first-order chi connectivity index (χ1) is 7.63. The molecule has 1 rings (SSSR count). The number of nitrogens with two attached hydrogens (primary N) is 1. The van der Waals surface area contributed by atoms with Crippen LogP contribution in [0.1, 0.15) is 6.92 Å². The van der Waals surface area contributed by atoms with E-state index in [1.165, 1.54) is 12.1 Å². The molecule has 0 fully saturated rings. The zero-order valence-corrected chi connectivity index (χ0v) is 11.5. The summed E-state index contributed by atoms with van der Waals surface area (Å²) < 4.78 is 27.2. The van der Waals surface area contributed by atoms with E-state index in [1.807, 2.05) is 28.1 Å². The molecule has 1 aromatic rings. The topological polar surface area (TPSA) is 72.2 Å². The van der Waals surface area contributed by atoms with Crippen molar-refractivity contribution in [3.05, 3.63) is 24.3 Å². The Balaban J connectivity index is 2.94. The second-order valence-electron chi connectivity index (χ2n) is 4.98. The minimum Gasteiger partial charge on any atom is -0.399 e. The lowest BCUT2D eigenvalue weighted by Crippen LogP contribution is -2.53. The first-order valence-electron chi connectivity index (χ1n) is 5.32. The van der Waals surface area contributed by atoms with Crippen molar-refractivity contribution in [2.75, 3.05) is 26.9 Å². The second-order valence-corrected chi connectivity index (χ2v) is 6.70. The molecule has 0 spiro atoms. The largest absolute Gasteiger partial charge is 0.399 e. The van der Waals surface area contributed by atoms with Crippen LogP contribution in [-0.4, -0.2) is 40.2 Å². The molecular weight excluding hydrogens is 238 g/mol. The number of hydrogen-bond acceptors (Lipinski definition) is 3. The Hall–Kier alpha value is -1.11. The Morgan fingerprint density at radius 3 is 2.06 bits per heavy atom. The summed E-state index contributed by atoms with van der Waals surface area (Å²) in [5.74, 6) is 0. The lowest BCUT2D eigenvalue weighted by Gasteiger charge is -2.31. The summed E-state index contributed by atoms with van der Waals surface area (Å²) in [5, 5.41) is 0. The minimum absolute atomic E-state index is 0.211. The second kappa shape index (κ2) is 4.64. The maximum atomic E-state index is 12.0. The molecule has 96 valence electrons. The first kappa shape index (κ1) is 14.0. The summed E-state index contributed by atoms with van der Waals surface area (Å²) in [6, 6.07) is 6.15. The van der Waals surface area contributed by atoms with Crippen LogP contribution in [-0.2, 0) is 10.0 Å². The molecule has 0 radical (unpaired) electrons. The summed E-state index contributed by atoms with van der Waals surface area (Å²) in [7, 11) is 2.30. The quantitative estimate of drug-likeness (QED) is 0.472. The average Bonchev–Trinajstić information content (AvgIpc) is 2.16. The third-order valence-electron chi connectivity index (χ3n) is 2.68. The zero-order chi connectivity index (χ0) is 13.3. The molecule has 3 N–H and O–H groups in total. The highest BCUT2D eigenvalue weighted by atomic mass is 32.2. The summed E-state index contributed by atoms with van der Waals surface area (Å²) in [6.45, 7) is 1.83. The summed E-state index contributed by atoms with van der Waals surface area (Å²) in [5.41, 5.74) is 6.07. The van der Waals surface area contributed by atoms with E-state index >= 15 is 0 Å². The van der Waals surface area contributed by atoms with Crippen LogP contribution in [0, 0.1) is 0 Å². The van der Waals surface area contributed by atoms with Crippen LogP contribution in [0.25, 0.3) is 0 Å². The molecule has 0 saturated carbocycles. The molecule has 0 saturated heterocycles. The van der Waals surface area contributed by atoms with Gasteiger partial charge in [-0.05, 0) is 24.3 Å². The number of sulfonamides is 1. The van der Waals surface area contributed by atoms with Gasteiger partial charge in [-0.15, -0.1) is 0 Å². The van der Waals surface area contributed by atoms with Crippen LogP contribution in [0.15, 0.2) is 29.2 Å². The van der Waals surface area contributed by atoms with Crippen LogP contribution >= 0.6 is 0 Å². The van der Waals surface area contributed by atoms with Gasteiger partial charge < -0.3 is 10.2 Å². The summed E-state index contributed by atoms with van der Waals surface area (Å²) in [4.78, 5) is 0.229. The van der Waals surface area contributed by atoms with Crippen LogP contribution in [0.2, 0.25) is 0 Å². The minimum atomic E-state index is -3.48. The molecule has 1 aromatic carbocycles. The standard InChI is InChI=1S/C11H20N3O2S/c1-9(14(2,3)4)13-17(15,16)11-7-5-10(12)6-8-11/h5-9,13H,12H2,1-4H3/q+1. The number of benzene rings is 1. The van der Waals surface area contributed by atoms with Crippen LogP contribution in [0.4, 0.5) is 5.69 Å². The van der Waals surface area contributed by atoms with Gasteiger partial charge in [0.05, 0.1) is 26.0 Å². The van der Waals surface area contributed by atoms with Gasteiger partial charge in [-0.25, -0.2) is 8.42 Å². The SMILES string of the molecule is CC(NS(=O)(=O)c1ccc(N)cc1)[N+](C)(C)C. The van der Waals surface area contributed by atoms with E-state index in [1.54, 1.807) is 12.1 Å². The van der Waals surface area contributed by atoms with Gasteiger partial charge in [0.25, 0.3) is 0 Å². The van der Waals surface area contributed by atoms with Gasteiger partial charge in [-0.1, -0.05) is 0 Å². The Kier molecular flexibility index (Phi) is 3.81. The lowest BCUT2D eigenvalue weighted by molar-refractivity contribution is -0.895. The molecule has 0 aromatic heterocycles. The van der Waals surface area contributed by atoms with Crippen molar-refractivity contribution in [2.45, 2.75) is 18.0 Å². The number of rotatable bonds is 4. The highest BCUT2D eigenvalue weighted by molar-refractivity contribution is 7.89. The van der Waals surface area contributed by atoms with Gasteiger partial charge in [-0.3, -0.25) is 0 Å². The van der Waals surface area contributed by atoms with E-state index < -0.39 is 10.0 Å². The monoisotopic (exact) mass is 258 g/mol. The molecule has 17 heavy (non-hydrogen) atoms. The number of anilines is 1. The molecule has 6 heteroatoms. The number of nitrogens with zero attached hydrogens (tertiary/aromatic N) is 1. The third-order valence-corrected chi connectivity index (χ3v) is 4.22. The fourth-order valence-corrected chi connectivity index (χ4v) is 2.49. The molecule has 0 heterocycles. The third kappa shape index (κ3) is 3.69. The van der Waals surface area contributed by atoms with Crippen molar-refractivity contribution in [3.8, 4) is 0 Å². The predicted molar refractivity (Wildman–Crippen MR) is 68.7 cm³/mol. The van der Waals surface area contributed by atoms with Crippen LogP contribution in [0.3, 0.4) is 0 Å². The number of quaternary nitrogens is 1. The van der Waals surface area contributed by atoms with E-state index in [0.29, 0.717) is 10.2 Å². The van der Waals surface area contributed by atoms with Gasteiger partial charge >= 0.3 is 0 Å². The van der Waals surface area contributed by atoms with E-state index in [2.05, 4.69) is 4.72 Å². The predicted octanol–water partition coefficient (Wildman–Crippen LogP) is 0.599. The number of nitrogen functional groups attached to an aromatic ring is 1. The van der Waals surface area contributed by atoms with Crippen molar-refractivity contribution in [1.29, 1.82) is 0 Å². The van der Waals surface area contributed by atoms with Gasteiger partial charge in [0.2, 0.25) is 10.0 Å². The van der Waals surface area contributed by atoms with E-state index in [-0.39, 0.29) is 11.1 Å². The van der Waals surface area contributed by atoms with Crippen molar-refractivity contribution >= 4 is 15.7 Å². The van der Waals surface area contributed by atoms with Crippen LogP contribution in [0.5, 0.6) is 0 Å². The molecule has 1 unspecified atom stereocenters. The highest BCUT2D eigenvalue weighted by Crippen LogP contribution is 2.13. The molecule has 0 bridgehead atoms. The van der Waals surface area contributed by atoms with Gasteiger partial charge in [0, 0.05) is 12.6 Å². The summed E-state index contributed by atoms with van der Waals surface area (Å²) in [6.07, 6.45) is -0.211. The molecule has 1 atom stereocenters. The molecule has 0 aliphatic carbocycles. The molecule has 0 aliphatic heterocycles. The highest BCUT2D eigenvalue weighted by Gasteiger charge is 2.25. The Morgan fingerprint density at radius 2 is 1.65 bits per heavy atom. The fourth-order valence-electron chi connectivity index (χ4n) is 1.10. The van der Waals surface area contributed by atoms with Crippen molar-refractivity contribution < 1.29 is 12.9 Å². The van der Waals surface area contributed by atoms with Crippen molar-refractivity contribution in [1.82, 2.24) is 4.72 Å². The van der Waals surface area contributed by atoms with E-state index in [4.69, 9.17) is 5.73 Å². The Bertz CT molecular complexity index is 474. The smallest absolute Gasteiger partial charge is 0.245 e. The zero-order valence-electron chi connectivity index (χ0n) is 10.6. The molecule has 0 amide bonds. The van der Waals surface area contributed by atoms with E-state index in [0.717, 1.165) is 0 Å². The van der Waals surface area contributed by atoms with E-state index in [9.17, 15) is 8.42 Å². The molecule has 0 aliphatic rings. The summed E-state index contributed by atoms with van der Waals surface area (Å²) >= 11 is 0. The van der Waals surface area contributed by atoms with Crippen molar-refractivity contribution in [2.24, 2.45) is 0 Å².